The van der Waals surface area contributed by atoms with Crippen LogP contribution >= 0.6 is 0 Å². The minimum Gasteiger partial charge on any atom is -0.355 e. The predicted octanol–water partition coefficient (Wildman–Crippen LogP) is 1.72. The van der Waals surface area contributed by atoms with Gasteiger partial charge in [-0.2, -0.15) is 0 Å². The third-order valence-corrected chi connectivity index (χ3v) is 3.64. The summed E-state index contributed by atoms with van der Waals surface area (Å²) in [5.74, 6) is -0.356. The summed E-state index contributed by atoms with van der Waals surface area (Å²) in [4.78, 5) is 15.2. The first kappa shape index (κ1) is 15.0. The number of Topliss-reactive ketones (excluding diaryl/α,β-unsaturated/α-hetero) is 1. The second-order valence-electron chi connectivity index (χ2n) is 4.96. The molecule has 2 heterocycles. The van der Waals surface area contributed by atoms with Gasteiger partial charge in [-0.1, -0.05) is 35.4 Å². The number of methoxy groups -OCH3 is 1. The summed E-state index contributed by atoms with van der Waals surface area (Å²) >= 11 is 0. The van der Waals surface area contributed by atoms with Crippen LogP contribution in [0, 0.1) is 0 Å². The fourth-order valence-corrected chi connectivity index (χ4v) is 2.58. The van der Waals surface area contributed by atoms with E-state index in [9.17, 15) is 4.79 Å². The number of hydrogen-bond acceptors (Lipinski definition) is 6. The highest BCUT2D eigenvalue weighted by atomic mass is 16.7. The fraction of sp³-hybridized carbons (Fsp3) is 0.500. The van der Waals surface area contributed by atoms with Gasteiger partial charge in [0.15, 0.2) is 18.4 Å². The van der Waals surface area contributed by atoms with Gasteiger partial charge >= 0.3 is 0 Å². The molecule has 0 saturated carbocycles. The van der Waals surface area contributed by atoms with Crippen molar-refractivity contribution in [2.24, 2.45) is 5.11 Å². The van der Waals surface area contributed by atoms with Crippen molar-refractivity contribution in [3.05, 3.63) is 46.3 Å². The zero-order valence-corrected chi connectivity index (χ0v) is 11.9. The monoisotopic (exact) mass is 305 g/mol. The highest BCUT2D eigenvalue weighted by Crippen LogP contribution is 2.33. The normalized spacial score (nSPS) is 34.6. The maximum absolute atomic E-state index is 12.5. The summed E-state index contributed by atoms with van der Waals surface area (Å²) in [6.07, 6.45) is -3.01. The van der Waals surface area contributed by atoms with E-state index in [0.717, 1.165) is 5.56 Å². The van der Waals surface area contributed by atoms with Crippen molar-refractivity contribution >= 4 is 5.78 Å². The third kappa shape index (κ3) is 2.70. The molecular weight excluding hydrogens is 290 g/mol. The van der Waals surface area contributed by atoms with Gasteiger partial charge in [-0.05, 0) is 5.53 Å². The Morgan fingerprint density at radius 3 is 2.77 bits per heavy atom. The summed E-state index contributed by atoms with van der Waals surface area (Å²) in [5, 5.41) is 3.47. The van der Waals surface area contributed by atoms with Gasteiger partial charge in [-0.15, -0.1) is 0 Å². The molecule has 8 nitrogen and oxygen atoms in total. The van der Waals surface area contributed by atoms with Crippen molar-refractivity contribution < 1.29 is 23.7 Å². The van der Waals surface area contributed by atoms with Crippen LogP contribution in [0.15, 0.2) is 35.4 Å². The Bertz CT molecular complexity index is 589. The molecule has 5 atom stereocenters. The average Bonchev–Trinajstić information content (AvgIpc) is 2.58. The molecule has 2 fully saturated rings. The van der Waals surface area contributed by atoms with Gasteiger partial charge < -0.3 is 18.9 Å². The van der Waals surface area contributed by atoms with Crippen molar-refractivity contribution in [2.75, 3.05) is 13.7 Å². The van der Waals surface area contributed by atoms with Gasteiger partial charge in [0.2, 0.25) is 0 Å². The van der Waals surface area contributed by atoms with E-state index in [0.29, 0.717) is 0 Å². The van der Waals surface area contributed by atoms with Crippen LogP contribution in [0.1, 0.15) is 11.9 Å². The highest BCUT2D eigenvalue weighted by Gasteiger charge is 2.49. The number of carbonyl (C=O) groups is 1. The van der Waals surface area contributed by atoms with E-state index in [1.54, 1.807) is 0 Å². The van der Waals surface area contributed by atoms with E-state index in [1.165, 1.54) is 7.11 Å². The Morgan fingerprint density at radius 1 is 1.32 bits per heavy atom. The summed E-state index contributed by atoms with van der Waals surface area (Å²) in [6, 6.07) is 8.23. The Kier molecular flexibility index (Phi) is 4.37. The quantitative estimate of drug-likeness (QED) is 0.480. The molecule has 22 heavy (non-hydrogen) atoms. The minimum atomic E-state index is -1.06. The number of ether oxygens (including phenoxy) is 4. The van der Waals surface area contributed by atoms with Gasteiger partial charge in [0, 0.05) is 17.6 Å². The first-order valence-corrected chi connectivity index (χ1v) is 6.83. The minimum absolute atomic E-state index is 0.193. The van der Waals surface area contributed by atoms with Gasteiger partial charge in [0.05, 0.1) is 6.61 Å². The Hall–Kier alpha value is -1.96. The van der Waals surface area contributed by atoms with Crippen LogP contribution in [-0.2, 0) is 23.7 Å². The standard InChI is InChI=1S/C14H15N3O5/c1-19-14-10(16-17-15)11(18)12-9(21-14)7-20-13(22-12)8-5-3-2-4-6-8/h2-6,9-10,12-14H,7H2,1H3/t9-,10-,12-,13-,14-/m1/s1. The van der Waals surface area contributed by atoms with Crippen LogP contribution in [0.4, 0.5) is 0 Å². The molecular formula is C14H15N3O5. The molecule has 1 aromatic carbocycles. The van der Waals surface area contributed by atoms with Crippen LogP contribution in [0.2, 0.25) is 0 Å². The van der Waals surface area contributed by atoms with Gasteiger partial charge in [0.1, 0.15) is 18.2 Å². The third-order valence-electron chi connectivity index (χ3n) is 3.64. The van der Waals surface area contributed by atoms with Crippen molar-refractivity contribution in [1.29, 1.82) is 0 Å². The van der Waals surface area contributed by atoms with E-state index in [2.05, 4.69) is 10.0 Å². The molecule has 0 aromatic heterocycles. The van der Waals surface area contributed by atoms with Crippen LogP contribution in [-0.4, -0.2) is 44.0 Å². The SMILES string of the molecule is CO[C@@H]1O[C@@H]2CO[C@@H](c3ccccc3)O[C@H]2C(=O)[C@H]1N=[N+]=[N-]. The smallest absolute Gasteiger partial charge is 0.184 e. The van der Waals surface area contributed by atoms with Gasteiger partial charge in [-0.3, -0.25) is 4.79 Å². The second-order valence-corrected chi connectivity index (χ2v) is 4.96. The largest absolute Gasteiger partial charge is 0.355 e. The molecule has 0 radical (unpaired) electrons. The fourth-order valence-electron chi connectivity index (χ4n) is 2.58. The van der Waals surface area contributed by atoms with Crippen molar-refractivity contribution in [3.63, 3.8) is 0 Å². The molecule has 8 heteroatoms. The number of azide groups is 1. The number of nitrogens with zero attached hydrogens (tertiary/aromatic N) is 3. The Balaban J connectivity index is 1.80. The molecule has 3 rings (SSSR count). The van der Waals surface area contributed by atoms with E-state index in [-0.39, 0.29) is 12.4 Å². The lowest BCUT2D eigenvalue weighted by Crippen LogP contribution is -2.59. The molecule has 2 aliphatic rings. The maximum Gasteiger partial charge on any atom is 0.184 e. The first-order chi connectivity index (χ1) is 10.7. The summed E-state index contributed by atoms with van der Waals surface area (Å²) in [6.45, 7) is 0.193. The zero-order chi connectivity index (χ0) is 15.5. The zero-order valence-electron chi connectivity index (χ0n) is 11.9. The summed E-state index contributed by atoms with van der Waals surface area (Å²) in [7, 11) is 1.38. The van der Waals surface area contributed by atoms with E-state index < -0.39 is 30.8 Å². The molecule has 0 aliphatic carbocycles. The van der Waals surface area contributed by atoms with Crippen LogP contribution < -0.4 is 0 Å². The van der Waals surface area contributed by atoms with Crippen LogP contribution in [0.5, 0.6) is 0 Å². The first-order valence-electron chi connectivity index (χ1n) is 6.83. The second kappa shape index (κ2) is 6.43. The highest BCUT2D eigenvalue weighted by molar-refractivity contribution is 5.90. The number of fused-ring (bicyclic) bond motifs is 1. The molecule has 1 aromatic rings. The summed E-state index contributed by atoms with van der Waals surface area (Å²) in [5.41, 5.74) is 9.41. The van der Waals surface area contributed by atoms with Gasteiger partial charge in [-0.25, -0.2) is 0 Å². The average molecular weight is 305 g/mol. The molecule has 0 unspecified atom stereocenters. The van der Waals surface area contributed by atoms with E-state index in [4.69, 9.17) is 24.5 Å². The number of carbonyl (C=O) groups excluding carboxylic acids is 1. The van der Waals surface area contributed by atoms with Crippen molar-refractivity contribution in [1.82, 2.24) is 0 Å². The lowest BCUT2D eigenvalue weighted by atomic mass is 9.98. The maximum atomic E-state index is 12.5. The van der Waals surface area contributed by atoms with Crippen molar-refractivity contribution in [3.8, 4) is 0 Å². The molecule has 0 bridgehead atoms. The lowest BCUT2D eigenvalue weighted by molar-refractivity contribution is -0.301. The number of rotatable bonds is 3. The number of hydrogen-bond donors (Lipinski definition) is 0. The molecule has 2 saturated heterocycles. The Labute approximate surface area is 126 Å². The van der Waals surface area contributed by atoms with Gasteiger partial charge in [0.25, 0.3) is 0 Å². The topological polar surface area (TPSA) is 103 Å². The molecule has 0 amide bonds. The van der Waals surface area contributed by atoms with Crippen molar-refractivity contribution in [2.45, 2.75) is 30.8 Å². The Morgan fingerprint density at radius 2 is 2.09 bits per heavy atom. The molecule has 116 valence electrons. The predicted molar refractivity (Wildman–Crippen MR) is 73.6 cm³/mol. The number of ketones is 1. The van der Waals surface area contributed by atoms with E-state index in [1.807, 2.05) is 30.3 Å². The van der Waals surface area contributed by atoms with Crippen LogP contribution in [0.25, 0.3) is 10.4 Å². The molecule has 0 spiro atoms. The van der Waals surface area contributed by atoms with E-state index >= 15 is 0 Å². The van der Waals surface area contributed by atoms with Crippen LogP contribution in [0.3, 0.4) is 0 Å². The summed E-state index contributed by atoms with van der Waals surface area (Å²) < 4.78 is 22.0. The lowest BCUT2D eigenvalue weighted by Gasteiger charge is -2.42. The molecule has 2 aliphatic heterocycles. The number of benzene rings is 1. The molecule has 0 N–H and O–H groups in total.